The highest BCUT2D eigenvalue weighted by Gasteiger charge is 2.44. The minimum absolute atomic E-state index is 0.0696. The lowest BCUT2D eigenvalue weighted by atomic mass is 9.98. The molecule has 0 aliphatic heterocycles. The largest absolute Gasteiger partial charge is 0.494 e. The second-order valence-electron chi connectivity index (χ2n) is 9.15. The molecule has 0 spiro atoms. The highest BCUT2D eigenvalue weighted by molar-refractivity contribution is 5.44. The van der Waals surface area contributed by atoms with Crippen LogP contribution in [0, 0.1) is 17.5 Å². The van der Waals surface area contributed by atoms with Crippen LogP contribution >= 0.6 is 0 Å². The molecule has 0 saturated carbocycles. The number of ether oxygens (including phenoxy) is 2. The van der Waals surface area contributed by atoms with Gasteiger partial charge in [0.25, 0.3) is 0 Å². The van der Waals surface area contributed by atoms with Crippen LogP contribution in [0.4, 0.5) is 43.9 Å². The number of aldehydes is 1. The number of hydrogen-bond donors (Lipinski definition) is 1. The lowest BCUT2D eigenvalue weighted by Crippen LogP contribution is -2.33. The topological polar surface area (TPSA) is 47.6 Å². The van der Waals surface area contributed by atoms with E-state index in [0.29, 0.717) is 17.7 Å². The van der Waals surface area contributed by atoms with Gasteiger partial charge in [-0.25, -0.2) is 13.2 Å². The Labute approximate surface area is 299 Å². The fourth-order valence-electron chi connectivity index (χ4n) is 3.40. The van der Waals surface area contributed by atoms with Crippen molar-refractivity contribution in [3.05, 3.63) is 131 Å². The van der Waals surface area contributed by atoms with Crippen molar-refractivity contribution in [2.24, 2.45) is 0 Å². The van der Waals surface area contributed by atoms with E-state index in [2.05, 4.69) is 16.6 Å². The van der Waals surface area contributed by atoms with Crippen LogP contribution in [-0.2, 0) is 11.0 Å². The zero-order valence-electron chi connectivity index (χ0n) is 30.5. The van der Waals surface area contributed by atoms with Crippen LogP contribution in [-0.4, -0.2) is 33.0 Å². The molecule has 1 unspecified atom stereocenters. The van der Waals surface area contributed by atoms with E-state index < -0.39 is 53.5 Å². The molecule has 0 aliphatic rings. The van der Waals surface area contributed by atoms with Gasteiger partial charge in [-0.1, -0.05) is 82.4 Å². The van der Waals surface area contributed by atoms with Crippen molar-refractivity contribution in [1.29, 1.82) is 0 Å². The summed E-state index contributed by atoms with van der Waals surface area (Å²) in [5, 5.41) is 2.81. The maximum Gasteiger partial charge on any atom is 0.461 e. The molecule has 3 rings (SSSR count). The van der Waals surface area contributed by atoms with Crippen LogP contribution in [0.1, 0.15) is 71.2 Å². The molecule has 0 radical (unpaired) electrons. The Morgan fingerprint density at radius 1 is 0.846 bits per heavy atom. The average Bonchev–Trinajstić information content (AvgIpc) is 3.10. The van der Waals surface area contributed by atoms with Gasteiger partial charge in [0.2, 0.25) is 0 Å². The summed E-state index contributed by atoms with van der Waals surface area (Å²) in [5.41, 5.74) is 0.521. The summed E-state index contributed by atoms with van der Waals surface area (Å²) in [4.78, 5) is 8.81. The maximum absolute atomic E-state index is 13.8. The Bertz CT molecular complexity index is 1490. The highest BCUT2D eigenvalue weighted by atomic mass is 19.4. The molecule has 0 saturated heterocycles. The smallest absolute Gasteiger partial charge is 0.461 e. The first kappa shape index (κ1) is 51.8. The summed E-state index contributed by atoms with van der Waals surface area (Å²) in [5.74, 6) is -3.65. The summed E-state index contributed by atoms with van der Waals surface area (Å²) in [6.45, 7) is 17.1. The summed E-state index contributed by atoms with van der Waals surface area (Å²) >= 11 is 0. The Kier molecular flexibility index (Phi) is 27.9. The molecular weight excluding hydrogens is 708 g/mol. The number of carbonyl (C=O) groups is 1. The summed E-state index contributed by atoms with van der Waals surface area (Å²) in [6.07, 6.45) is -4.84. The molecule has 292 valence electrons. The summed E-state index contributed by atoms with van der Waals surface area (Å²) in [6, 6.07) is 9.52. The van der Waals surface area contributed by atoms with E-state index in [1.165, 1.54) is 44.9 Å². The lowest BCUT2D eigenvalue weighted by molar-refractivity contribution is -0.253. The van der Waals surface area contributed by atoms with E-state index in [9.17, 15) is 43.9 Å². The van der Waals surface area contributed by atoms with E-state index >= 15 is 0 Å². The monoisotopic (exact) mass is 755 g/mol. The standard InChI is InChI=1S/C17H15F6NO2.C8H12.C7H4F4.C2H4O.2C2H6/c1-24-15(9-3-4-13(19)14(7-9)25-2)10-5-11(18)8-12(6-10)26-17(22,23)16(20)21;1-4-6-7-8(3)5-2;8-6-4-2-1-3-5(6)7(9,10)11;1-2-3;2*1-2/h3-8,15-16,24H,1-2H3;4-7H,2H2,1,3H3;1-4H;2H,1H3;2*1-2H3/b;6-4-,8-7-;;;;. The number of methoxy groups -OCH3 is 1. The molecule has 1 atom stereocenters. The Hall–Kier alpha value is -4.59. The van der Waals surface area contributed by atoms with Gasteiger partial charge in [-0.15, -0.1) is 0 Å². The third-order valence-electron chi connectivity index (χ3n) is 5.58. The molecule has 4 nitrogen and oxygen atoms in total. The maximum atomic E-state index is 13.8. The number of hydrogen-bond acceptors (Lipinski definition) is 4. The summed E-state index contributed by atoms with van der Waals surface area (Å²) in [7, 11) is 2.76. The van der Waals surface area contributed by atoms with Crippen LogP contribution in [0.25, 0.3) is 0 Å². The van der Waals surface area contributed by atoms with Crippen molar-refractivity contribution in [3.63, 3.8) is 0 Å². The van der Waals surface area contributed by atoms with Crippen molar-refractivity contribution >= 4 is 6.29 Å². The third-order valence-corrected chi connectivity index (χ3v) is 5.58. The first-order chi connectivity index (χ1) is 24.4. The van der Waals surface area contributed by atoms with Crippen LogP contribution in [0.3, 0.4) is 0 Å². The number of alkyl halides is 7. The van der Waals surface area contributed by atoms with Crippen molar-refractivity contribution in [3.8, 4) is 11.5 Å². The Morgan fingerprint density at radius 2 is 1.40 bits per heavy atom. The van der Waals surface area contributed by atoms with Crippen LogP contribution < -0.4 is 14.8 Å². The zero-order valence-corrected chi connectivity index (χ0v) is 30.5. The van der Waals surface area contributed by atoms with Crippen molar-refractivity contribution in [2.45, 2.75) is 73.2 Å². The number of rotatable bonds is 9. The van der Waals surface area contributed by atoms with Crippen molar-refractivity contribution in [1.82, 2.24) is 5.32 Å². The zero-order chi connectivity index (χ0) is 41.1. The van der Waals surface area contributed by atoms with E-state index in [4.69, 9.17) is 9.53 Å². The van der Waals surface area contributed by atoms with Gasteiger partial charge in [-0.2, -0.15) is 30.7 Å². The van der Waals surface area contributed by atoms with E-state index in [0.717, 1.165) is 36.6 Å². The number of nitrogens with one attached hydrogen (secondary N) is 1. The molecule has 52 heavy (non-hydrogen) atoms. The highest BCUT2D eigenvalue weighted by Crippen LogP contribution is 2.33. The molecule has 0 heterocycles. The Balaban J connectivity index is -0.000000758. The molecule has 14 heteroatoms. The van der Waals surface area contributed by atoms with Crippen molar-refractivity contribution in [2.75, 3.05) is 14.2 Å². The van der Waals surface area contributed by atoms with Gasteiger partial charge >= 0.3 is 18.7 Å². The van der Waals surface area contributed by atoms with Gasteiger partial charge in [0.1, 0.15) is 23.7 Å². The predicted molar refractivity (Wildman–Crippen MR) is 186 cm³/mol. The first-order valence-corrected chi connectivity index (χ1v) is 15.7. The quantitative estimate of drug-likeness (QED) is 0.134. The molecule has 0 amide bonds. The molecule has 3 aromatic carbocycles. The van der Waals surface area contributed by atoms with Crippen LogP contribution in [0.15, 0.2) is 97.1 Å². The van der Waals surface area contributed by atoms with E-state index in [1.54, 1.807) is 0 Å². The number of benzene rings is 3. The van der Waals surface area contributed by atoms with Crippen molar-refractivity contribution < 1.29 is 58.2 Å². The second-order valence-corrected chi connectivity index (χ2v) is 9.15. The summed E-state index contributed by atoms with van der Waals surface area (Å²) < 4.78 is 135. The molecule has 0 aromatic heterocycles. The normalized spacial score (nSPS) is 11.3. The minimum atomic E-state index is -4.76. The van der Waals surface area contributed by atoms with E-state index in [-0.39, 0.29) is 11.3 Å². The molecule has 0 bridgehead atoms. The predicted octanol–water partition coefficient (Wildman–Crippen LogP) is 12.3. The SMILES string of the molecule is C=C/C(C)=C\C=C/C.CC.CC.CC=O.CNC(c1cc(F)cc(OC(F)(F)C(F)F)c1)c1ccc(F)c(OC)c1.Fc1ccccc1C(F)(F)F. The van der Waals surface area contributed by atoms with Crippen LogP contribution in [0.2, 0.25) is 0 Å². The van der Waals surface area contributed by atoms with Gasteiger partial charge in [0, 0.05) is 6.07 Å². The van der Waals surface area contributed by atoms with Crippen LogP contribution in [0.5, 0.6) is 11.5 Å². The minimum Gasteiger partial charge on any atom is -0.494 e. The average molecular weight is 756 g/mol. The second kappa shape index (κ2) is 28.1. The number of halogens is 10. The third kappa shape index (κ3) is 20.3. The van der Waals surface area contributed by atoms with Gasteiger partial charge in [0.15, 0.2) is 11.6 Å². The Morgan fingerprint density at radius 3 is 1.83 bits per heavy atom. The molecule has 1 N–H and O–H groups in total. The molecular formula is C38H47F10NO3. The van der Waals surface area contributed by atoms with Gasteiger partial charge in [-0.3, -0.25) is 0 Å². The fourth-order valence-corrected chi connectivity index (χ4v) is 3.40. The first-order valence-electron chi connectivity index (χ1n) is 15.7. The molecule has 0 fully saturated rings. The van der Waals surface area contributed by atoms with E-state index in [1.807, 2.05) is 65.8 Å². The molecule has 0 aliphatic carbocycles. The number of allylic oxidation sites excluding steroid dienone is 5. The van der Waals surface area contributed by atoms with Gasteiger partial charge in [0.05, 0.1) is 18.7 Å². The van der Waals surface area contributed by atoms with Gasteiger partial charge in [-0.05, 0) is 75.3 Å². The lowest BCUT2D eigenvalue weighted by Gasteiger charge is -2.21. The van der Waals surface area contributed by atoms with Gasteiger partial charge < -0.3 is 19.6 Å². The number of carbonyl (C=O) groups excluding carboxylic acids is 1. The molecule has 3 aromatic rings. The fraction of sp³-hybridized carbons (Fsp3) is 0.342.